The molecular formula is C9H10ClNO4. The molecule has 6 heteroatoms. The van der Waals surface area contributed by atoms with E-state index >= 15 is 0 Å². The molecule has 0 saturated heterocycles. The first kappa shape index (κ1) is 11.7. The molecule has 0 aliphatic carbocycles. The quantitative estimate of drug-likeness (QED) is 0.636. The number of rotatable bonds is 4. The van der Waals surface area contributed by atoms with Gasteiger partial charge in [-0.3, -0.25) is 10.1 Å². The molecule has 0 bridgehead atoms. The van der Waals surface area contributed by atoms with Crippen LogP contribution in [0.5, 0.6) is 5.75 Å². The van der Waals surface area contributed by atoms with E-state index < -0.39 is 11.0 Å². The van der Waals surface area contributed by atoms with Gasteiger partial charge in [-0.2, -0.15) is 0 Å². The van der Waals surface area contributed by atoms with E-state index in [1.165, 1.54) is 18.2 Å². The molecule has 1 rings (SSSR count). The van der Waals surface area contributed by atoms with Crippen molar-refractivity contribution in [3.63, 3.8) is 0 Å². The Morgan fingerprint density at radius 3 is 2.80 bits per heavy atom. The van der Waals surface area contributed by atoms with Gasteiger partial charge in [0, 0.05) is 12.1 Å². The summed E-state index contributed by atoms with van der Waals surface area (Å²) in [6, 6.07) is 3.91. The maximum Gasteiger partial charge on any atom is 0.271 e. The van der Waals surface area contributed by atoms with Gasteiger partial charge in [-0.05, 0) is 13.0 Å². The fourth-order valence-electron chi connectivity index (χ4n) is 0.931. The van der Waals surface area contributed by atoms with Crippen LogP contribution in [0.15, 0.2) is 18.2 Å². The number of aliphatic hydroxyl groups is 1. The van der Waals surface area contributed by atoms with Crippen molar-refractivity contribution < 1.29 is 14.8 Å². The van der Waals surface area contributed by atoms with E-state index in [4.69, 9.17) is 21.4 Å². The van der Waals surface area contributed by atoms with Crippen LogP contribution in [-0.2, 0) is 0 Å². The zero-order chi connectivity index (χ0) is 11.4. The van der Waals surface area contributed by atoms with E-state index in [-0.39, 0.29) is 17.3 Å². The van der Waals surface area contributed by atoms with Crippen LogP contribution < -0.4 is 4.74 Å². The molecule has 1 atom stereocenters. The molecule has 1 N–H and O–H groups in total. The Morgan fingerprint density at radius 2 is 2.33 bits per heavy atom. The number of hydrogen-bond acceptors (Lipinski definition) is 4. The Hall–Kier alpha value is -1.33. The molecule has 82 valence electrons. The number of nitrogens with zero attached hydrogens (tertiary/aromatic N) is 1. The molecule has 0 saturated carbocycles. The largest absolute Gasteiger partial charge is 0.489 e. The van der Waals surface area contributed by atoms with Crippen molar-refractivity contribution in [2.75, 3.05) is 6.61 Å². The van der Waals surface area contributed by atoms with Gasteiger partial charge in [-0.25, -0.2) is 0 Å². The van der Waals surface area contributed by atoms with Crippen LogP contribution >= 0.6 is 11.6 Å². The number of hydrogen-bond donors (Lipinski definition) is 1. The molecule has 15 heavy (non-hydrogen) atoms. The number of aliphatic hydroxyl groups excluding tert-OH is 1. The van der Waals surface area contributed by atoms with E-state index in [2.05, 4.69) is 0 Å². The molecule has 0 aliphatic heterocycles. The lowest BCUT2D eigenvalue weighted by Crippen LogP contribution is -2.12. The lowest BCUT2D eigenvalue weighted by molar-refractivity contribution is -0.384. The molecule has 0 radical (unpaired) electrons. The minimum absolute atomic E-state index is 0.0932. The Bertz CT molecular complexity index is 367. The number of ether oxygens (including phenoxy) is 1. The second-order valence-electron chi connectivity index (χ2n) is 3.03. The normalized spacial score (nSPS) is 12.2. The highest BCUT2D eigenvalue weighted by Gasteiger charge is 2.10. The van der Waals surface area contributed by atoms with Gasteiger partial charge in [-0.15, -0.1) is 0 Å². The summed E-state index contributed by atoms with van der Waals surface area (Å²) in [6.07, 6.45) is -0.615. The first-order valence-corrected chi connectivity index (χ1v) is 4.63. The second-order valence-corrected chi connectivity index (χ2v) is 3.44. The molecule has 1 aromatic rings. The highest BCUT2D eigenvalue weighted by molar-refractivity contribution is 6.32. The first-order valence-electron chi connectivity index (χ1n) is 4.25. The standard InChI is InChI=1S/C9H10ClNO4/c1-6(12)5-15-9-3-2-7(11(13)14)4-8(9)10/h2-4,6,12H,5H2,1H3/t6-/m0/s1. The van der Waals surface area contributed by atoms with E-state index in [1.807, 2.05) is 0 Å². The molecule has 5 nitrogen and oxygen atoms in total. The molecule has 0 fully saturated rings. The van der Waals surface area contributed by atoms with Crippen molar-refractivity contribution in [1.82, 2.24) is 0 Å². The van der Waals surface area contributed by atoms with E-state index in [0.29, 0.717) is 5.75 Å². The molecule has 0 aliphatic rings. The molecule has 0 aromatic heterocycles. The first-order chi connectivity index (χ1) is 7.00. The fourth-order valence-corrected chi connectivity index (χ4v) is 1.16. The van der Waals surface area contributed by atoms with Crippen molar-refractivity contribution in [3.8, 4) is 5.75 Å². The number of non-ortho nitro benzene ring substituents is 1. The van der Waals surface area contributed by atoms with Crippen LogP contribution in [0, 0.1) is 10.1 Å². The highest BCUT2D eigenvalue weighted by Crippen LogP contribution is 2.28. The minimum Gasteiger partial charge on any atom is -0.489 e. The summed E-state index contributed by atoms with van der Waals surface area (Å²) >= 11 is 5.75. The Balaban J connectivity index is 2.79. The van der Waals surface area contributed by atoms with Crippen LogP contribution in [0.4, 0.5) is 5.69 Å². The predicted octanol–water partition coefficient (Wildman–Crippen LogP) is 2.01. The van der Waals surface area contributed by atoms with Crippen molar-refractivity contribution in [2.45, 2.75) is 13.0 Å². The number of halogens is 1. The summed E-state index contributed by atoms with van der Waals surface area (Å²) < 4.78 is 5.13. The van der Waals surface area contributed by atoms with Crippen molar-refractivity contribution in [1.29, 1.82) is 0 Å². The van der Waals surface area contributed by atoms with E-state index in [0.717, 1.165) is 0 Å². The summed E-state index contributed by atoms with van der Waals surface area (Å²) in [6.45, 7) is 1.66. The topological polar surface area (TPSA) is 72.6 Å². The van der Waals surface area contributed by atoms with Crippen LogP contribution in [0.3, 0.4) is 0 Å². The second kappa shape index (κ2) is 4.95. The lowest BCUT2D eigenvalue weighted by Gasteiger charge is -2.08. The number of nitro benzene ring substituents is 1. The van der Waals surface area contributed by atoms with Crippen molar-refractivity contribution in [3.05, 3.63) is 33.3 Å². The number of benzene rings is 1. The maximum atomic E-state index is 10.4. The monoisotopic (exact) mass is 231 g/mol. The summed E-state index contributed by atoms with van der Waals surface area (Å²) in [7, 11) is 0. The third kappa shape index (κ3) is 3.38. The highest BCUT2D eigenvalue weighted by atomic mass is 35.5. The minimum atomic E-state index is -0.615. The fraction of sp³-hybridized carbons (Fsp3) is 0.333. The molecule has 1 aromatic carbocycles. The van der Waals surface area contributed by atoms with Crippen LogP contribution in [0.2, 0.25) is 5.02 Å². The summed E-state index contributed by atoms with van der Waals surface area (Å²) in [5, 5.41) is 19.5. The maximum absolute atomic E-state index is 10.4. The van der Waals surface area contributed by atoms with Gasteiger partial charge < -0.3 is 9.84 Å². The Labute approximate surface area is 91.4 Å². The zero-order valence-corrected chi connectivity index (χ0v) is 8.77. The lowest BCUT2D eigenvalue weighted by atomic mass is 10.3. The van der Waals surface area contributed by atoms with E-state index in [1.54, 1.807) is 6.92 Å². The van der Waals surface area contributed by atoms with Gasteiger partial charge in [0.2, 0.25) is 0 Å². The van der Waals surface area contributed by atoms with Gasteiger partial charge in [0.15, 0.2) is 0 Å². The van der Waals surface area contributed by atoms with Gasteiger partial charge >= 0.3 is 0 Å². The number of nitro groups is 1. The van der Waals surface area contributed by atoms with Crippen LogP contribution in [0.1, 0.15) is 6.92 Å². The molecule has 0 heterocycles. The summed E-state index contributed by atoms with van der Waals surface area (Å²) in [5.41, 5.74) is -0.0932. The Morgan fingerprint density at radius 1 is 1.67 bits per heavy atom. The summed E-state index contributed by atoms with van der Waals surface area (Å²) in [5.74, 6) is 0.322. The van der Waals surface area contributed by atoms with Crippen LogP contribution in [0.25, 0.3) is 0 Å². The van der Waals surface area contributed by atoms with Crippen molar-refractivity contribution >= 4 is 17.3 Å². The Kier molecular flexibility index (Phi) is 3.88. The zero-order valence-electron chi connectivity index (χ0n) is 8.01. The smallest absolute Gasteiger partial charge is 0.271 e. The third-order valence-electron chi connectivity index (χ3n) is 1.61. The van der Waals surface area contributed by atoms with Gasteiger partial charge in [0.1, 0.15) is 12.4 Å². The van der Waals surface area contributed by atoms with Crippen LogP contribution in [-0.4, -0.2) is 22.7 Å². The van der Waals surface area contributed by atoms with E-state index in [9.17, 15) is 10.1 Å². The predicted molar refractivity (Wildman–Crippen MR) is 55.3 cm³/mol. The van der Waals surface area contributed by atoms with Crippen molar-refractivity contribution in [2.24, 2.45) is 0 Å². The third-order valence-corrected chi connectivity index (χ3v) is 1.90. The van der Waals surface area contributed by atoms with Gasteiger partial charge in [0.25, 0.3) is 5.69 Å². The average molecular weight is 232 g/mol. The van der Waals surface area contributed by atoms with Gasteiger partial charge in [0.05, 0.1) is 16.0 Å². The SMILES string of the molecule is C[C@H](O)COc1ccc([N+](=O)[O-])cc1Cl. The van der Waals surface area contributed by atoms with Gasteiger partial charge in [-0.1, -0.05) is 11.6 Å². The molecular weight excluding hydrogens is 222 g/mol. The molecule has 0 spiro atoms. The summed E-state index contributed by atoms with van der Waals surface area (Å²) in [4.78, 5) is 9.86. The molecule has 0 unspecified atom stereocenters. The molecule has 0 amide bonds. The average Bonchev–Trinajstić information content (AvgIpc) is 2.15.